The number of rotatable bonds is 3. The zero-order valence-electron chi connectivity index (χ0n) is 9.73. The molecule has 0 aliphatic heterocycles. The number of aliphatic hydroxyl groups excluding tert-OH is 1. The van der Waals surface area contributed by atoms with Crippen LogP contribution in [0, 0.1) is 11.8 Å². The van der Waals surface area contributed by atoms with E-state index in [1.807, 2.05) is 31.2 Å². The average molecular weight is 232 g/mol. The summed E-state index contributed by atoms with van der Waals surface area (Å²) in [6.07, 6.45) is 0.474. The number of hydrogen-bond donors (Lipinski definition) is 3. The molecule has 0 saturated carbocycles. The van der Waals surface area contributed by atoms with Crippen LogP contribution in [0.5, 0.6) is 0 Å². The Labute approximate surface area is 101 Å². The van der Waals surface area contributed by atoms with Crippen molar-refractivity contribution in [1.29, 1.82) is 0 Å². The standard InChI is InChI=1S/C13H16N2O2/c1-10(15-13(14)17)12-7-5-11(6-8-12)4-2-3-9-16/h5-8,10,16H,3,9H2,1H3,(H3,14,15,17). The Hall–Kier alpha value is -1.99. The lowest BCUT2D eigenvalue weighted by molar-refractivity contribution is 0.246. The first kappa shape index (κ1) is 13.1. The van der Waals surface area contributed by atoms with Crippen molar-refractivity contribution >= 4 is 6.03 Å². The lowest BCUT2D eigenvalue weighted by Crippen LogP contribution is -2.31. The van der Waals surface area contributed by atoms with Gasteiger partial charge in [0.25, 0.3) is 0 Å². The normalized spacial score (nSPS) is 11.2. The van der Waals surface area contributed by atoms with Crippen LogP contribution in [-0.2, 0) is 0 Å². The van der Waals surface area contributed by atoms with E-state index in [9.17, 15) is 4.79 Å². The quantitative estimate of drug-likeness (QED) is 0.684. The van der Waals surface area contributed by atoms with Gasteiger partial charge < -0.3 is 16.2 Å². The maximum absolute atomic E-state index is 10.7. The molecule has 1 unspecified atom stereocenters. The van der Waals surface area contributed by atoms with Crippen molar-refractivity contribution in [2.45, 2.75) is 19.4 Å². The molecule has 0 aliphatic rings. The molecule has 0 radical (unpaired) electrons. The fraction of sp³-hybridized carbons (Fsp3) is 0.308. The van der Waals surface area contributed by atoms with Crippen LogP contribution in [-0.4, -0.2) is 17.7 Å². The van der Waals surface area contributed by atoms with Gasteiger partial charge in [0.15, 0.2) is 0 Å². The van der Waals surface area contributed by atoms with E-state index in [0.29, 0.717) is 6.42 Å². The minimum atomic E-state index is -0.538. The molecule has 2 amide bonds. The molecule has 1 aromatic rings. The molecular formula is C13H16N2O2. The number of carbonyl (C=O) groups excluding carboxylic acids is 1. The van der Waals surface area contributed by atoms with Gasteiger partial charge in [0, 0.05) is 12.0 Å². The number of primary amides is 1. The van der Waals surface area contributed by atoms with Gasteiger partial charge in [0.05, 0.1) is 12.6 Å². The fourth-order valence-electron chi connectivity index (χ4n) is 1.37. The van der Waals surface area contributed by atoms with E-state index in [-0.39, 0.29) is 12.6 Å². The Balaban J connectivity index is 2.68. The minimum Gasteiger partial charge on any atom is -0.395 e. The monoisotopic (exact) mass is 232 g/mol. The molecule has 0 aliphatic carbocycles. The molecule has 90 valence electrons. The highest BCUT2D eigenvalue weighted by Crippen LogP contribution is 2.12. The lowest BCUT2D eigenvalue weighted by atomic mass is 10.1. The molecule has 0 aromatic heterocycles. The van der Waals surface area contributed by atoms with E-state index in [1.165, 1.54) is 0 Å². The minimum absolute atomic E-state index is 0.0741. The van der Waals surface area contributed by atoms with E-state index in [4.69, 9.17) is 10.8 Å². The molecule has 4 N–H and O–H groups in total. The van der Waals surface area contributed by atoms with E-state index < -0.39 is 6.03 Å². The first-order chi connectivity index (χ1) is 8.13. The van der Waals surface area contributed by atoms with Crippen LogP contribution < -0.4 is 11.1 Å². The van der Waals surface area contributed by atoms with Crippen LogP contribution in [0.15, 0.2) is 24.3 Å². The predicted molar refractivity (Wildman–Crippen MR) is 66.2 cm³/mol. The van der Waals surface area contributed by atoms with Crippen molar-refractivity contribution < 1.29 is 9.90 Å². The second kappa shape index (κ2) is 6.56. The summed E-state index contributed by atoms with van der Waals surface area (Å²) in [4.78, 5) is 10.7. The van der Waals surface area contributed by atoms with E-state index in [1.54, 1.807) is 0 Å². The number of nitrogens with one attached hydrogen (secondary N) is 1. The summed E-state index contributed by atoms with van der Waals surface area (Å²) in [5, 5.41) is 11.2. The van der Waals surface area contributed by atoms with E-state index >= 15 is 0 Å². The van der Waals surface area contributed by atoms with E-state index in [0.717, 1.165) is 11.1 Å². The van der Waals surface area contributed by atoms with Gasteiger partial charge in [0.2, 0.25) is 0 Å². The SMILES string of the molecule is CC(NC(N)=O)c1ccc(C#CCCO)cc1. The van der Waals surface area contributed by atoms with E-state index in [2.05, 4.69) is 17.2 Å². The number of nitrogens with two attached hydrogens (primary N) is 1. The molecule has 17 heavy (non-hydrogen) atoms. The van der Waals surface area contributed by atoms with Crippen LogP contribution in [0.4, 0.5) is 4.79 Å². The van der Waals surface area contributed by atoms with Crippen LogP contribution in [0.3, 0.4) is 0 Å². The summed E-state index contributed by atoms with van der Waals surface area (Å²) in [5.74, 6) is 5.77. The maximum atomic E-state index is 10.7. The van der Waals surface area contributed by atoms with Gasteiger partial charge in [0.1, 0.15) is 0 Å². The molecule has 0 heterocycles. The van der Waals surface area contributed by atoms with Crippen molar-refractivity contribution in [2.75, 3.05) is 6.61 Å². The molecule has 0 spiro atoms. The number of hydrogen-bond acceptors (Lipinski definition) is 2. The number of carbonyl (C=O) groups is 1. The zero-order chi connectivity index (χ0) is 12.7. The van der Waals surface area contributed by atoms with Gasteiger partial charge in [-0.3, -0.25) is 0 Å². The Morgan fingerprint density at radius 1 is 1.47 bits per heavy atom. The van der Waals surface area contributed by atoms with Gasteiger partial charge >= 0.3 is 6.03 Å². The zero-order valence-corrected chi connectivity index (χ0v) is 9.73. The van der Waals surface area contributed by atoms with Crippen LogP contribution in [0.1, 0.15) is 30.5 Å². The third kappa shape index (κ3) is 4.58. The molecule has 1 atom stereocenters. The van der Waals surface area contributed by atoms with Gasteiger partial charge in [-0.25, -0.2) is 4.79 Å². The number of benzene rings is 1. The van der Waals surface area contributed by atoms with Crippen molar-refractivity contribution in [3.8, 4) is 11.8 Å². The second-order valence-corrected chi connectivity index (χ2v) is 3.63. The van der Waals surface area contributed by atoms with Gasteiger partial charge in [-0.05, 0) is 24.6 Å². The van der Waals surface area contributed by atoms with Gasteiger partial charge in [-0.1, -0.05) is 24.0 Å². The Bertz CT molecular complexity index is 429. The third-order valence-corrected chi connectivity index (χ3v) is 2.24. The fourth-order valence-corrected chi connectivity index (χ4v) is 1.37. The summed E-state index contributed by atoms with van der Waals surface area (Å²) >= 11 is 0. The number of amides is 2. The Kier molecular flexibility index (Phi) is 5.05. The largest absolute Gasteiger partial charge is 0.395 e. The number of urea groups is 1. The summed E-state index contributed by atoms with van der Waals surface area (Å²) in [6, 6.07) is 6.88. The summed E-state index contributed by atoms with van der Waals surface area (Å²) in [7, 11) is 0. The van der Waals surface area contributed by atoms with Crippen LogP contribution >= 0.6 is 0 Å². The highest BCUT2D eigenvalue weighted by molar-refractivity contribution is 5.72. The highest BCUT2D eigenvalue weighted by Gasteiger charge is 2.05. The van der Waals surface area contributed by atoms with Crippen molar-refractivity contribution in [1.82, 2.24) is 5.32 Å². The smallest absolute Gasteiger partial charge is 0.312 e. The molecule has 0 fully saturated rings. The third-order valence-electron chi connectivity index (χ3n) is 2.24. The molecule has 4 nitrogen and oxygen atoms in total. The second-order valence-electron chi connectivity index (χ2n) is 3.63. The highest BCUT2D eigenvalue weighted by atomic mass is 16.2. The van der Waals surface area contributed by atoms with Crippen LogP contribution in [0.25, 0.3) is 0 Å². The molecular weight excluding hydrogens is 216 g/mol. The molecule has 4 heteroatoms. The molecule has 1 rings (SSSR count). The molecule has 0 saturated heterocycles. The Morgan fingerprint density at radius 2 is 2.12 bits per heavy atom. The number of aliphatic hydroxyl groups is 1. The first-order valence-corrected chi connectivity index (χ1v) is 5.39. The summed E-state index contributed by atoms with van der Waals surface area (Å²) < 4.78 is 0. The summed E-state index contributed by atoms with van der Waals surface area (Å²) in [5.41, 5.74) is 6.90. The lowest BCUT2D eigenvalue weighted by Gasteiger charge is -2.12. The molecule has 0 bridgehead atoms. The topological polar surface area (TPSA) is 75.3 Å². The van der Waals surface area contributed by atoms with Gasteiger partial charge in [-0.2, -0.15) is 0 Å². The maximum Gasteiger partial charge on any atom is 0.312 e. The average Bonchev–Trinajstić information content (AvgIpc) is 2.29. The first-order valence-electron chi connectivity index (χ1n) is 5.39. The van der Waals surface area contributed by atoms with Crippen molar-refractivity contribution in [3.63, 3.8) is 0 Å². The van der Waals surface area contributed by atoms with Crippen molar-refractivity contribution in [2.24, 2.45) is 5.73 Å². The summed E-state index contributed by atoms with van der Waals surface area (Å²) in [6.45, 7) is 1.93. The molecule has 1 aromatic carbocycles. The van der Waals surface area contributed by atoms with Crippen LogP contribution in [0.2, 0.25) is 0 Å². The Morgan fingerprint density at radius 3 is 2.65 bits per heavy atom. The van der Waals surface area contributed by atoms with Gasteiger partial charge in [-0.15, -0.1) is 0 Å². The van der Waals surface area contributed by atoms with Crippen molar-refractivity contribution in [3.05, 3.63) is 35.4 Å². The predicted octanol–water partition coefficient (Wildman–Crippen LogP) is 1.15.